The number of anilines is 1. The van der Waals surface area contributed by atoms with Crippen LogP contribution in [-0.2, 0) is 0 Å². The monoisotopic (exact) mass is 486 g/mol. The molecule has 1 aliphatic rings. The molecule has 3 heterocycles. The molecule has 1 saturated heterocycles. The van der Waals surface area contributed by atoms with Crippen molar-refractivity contribution in [3.63, 3.8) is 0 Å². The summed E-state index contributed by atoms with van der Waals surface area (Å²) < 4.78 is 6.36. The number of hydrogen-bond acceptors (Lipinski definition) is 5. The third kappa shape index (κ3) is 5.26. The van der Waals surface area contributed by atoms with Crippen LogP contribution in [0, 0.1) is 0 Å². The van der Waals surface area contributed by atoms with E-state index < -0.39 is 0 Å². The van der Waals surface area contributed by atoms with E-state index in [0.29, 0.717) is 0 Å². The molecule has 7 heteroatoms. The van der Waals surface area contributed by atoms with Crippen molar-refractivity contribution in [3.8, 4) is 0 Å². The summed E-state index contributed by atoms with van der Waals surface area (Å²) in [4.78, 5) is 7.99. The van der Waals surface area contributed by atoms with Crippen LogP contribution in [0.3, 0.4) is 0 Å². The molecule has 0 saturated carbocycles. The van der Waals surface area contributed by atoms with E-state index in [2.05, 4.69) is 50.8 Å². The number of benzene rings is 2. The van der Waals surface area contributed by atoms with E-state index in [9.17, 15) is 0 Å². The van der Waals surface area contributed by atoms with E-state index in [1.807, 2.05) is 66.9 Å². The molecule has 0 unspecified atom stereocenters. The van der Waals surface area contributed by atoms with Crippen molar-refractivity contribution in [1.29, 1.82) is 0 Å². The third-order valence-corrected chi connectivity index (χ3v) is 7.01. The molecule has 2 aromatic carbocycles. The van der Waals surface area contributed by atoms with Crippen LogP contribution >= 0.6 is 24.0 Å². The fraction of sp³-hybridized carbons (Fsp3) is 0.185. The number of nitrogens with one attached hydrogen (secondary N) is 2. The third-order valence-electron chi connectivity index (χ3n) is 5.73. The van der Waals surface area contributed by atoms with E-state index in [0.717, 1.165) is 51.8 Å². The molecule has 1 aliphatic heterocycles. The fourth-order valence-electron chi connectivity index (χ4n) is 4.15. The van der Waals surface area contributed by atoms with Gasteiger partial charge in [0.1, 0.15) is 11.8 Å². The average molecular weight is 487 g/mol. The Morgan fingerprint density at radius 1 is 0.941 bits per heavy atom. The first-order valence-electron chi connectivity index (χ1n) is 11.4. The van der Waals surface area contributed by atoms with Crippen molar-refractivity contribution in [2.24, 2.45) is 0 Å². The largest absolute Gasteiger partial charge is 0.452 e. The van der Waals surface area contributed by atoms with Crippen molar-refractivity contribution in [2.45, 2.75) is 28.5 Å². The molecular formula is C27H26N4OS2. The first kappa shape index (κ1) is 22.5. The van der Waals surface area contributed by atoms with Gasteiger partial charge in [0.15, 0.2) is 10.2 Å². The number of rotatable bonds is 9. The molecule has 2 atom stereocenters. The molecule has 5 nitrogen and oxygen atoms in total. The van der Waals surface area contributed by atoms with E-state index >= 15 is 0 Å². The van der Waals surface area contributed by atoms with Crippen molar-refractivity contribution < 1.29 is 4.42 Å². The summed E-state index contributed by atoms with van der Waals surface area (Å²) in [5.41, 5.74) is 2.08. The van der Waals surface area contributed by atoms with E-state index in [-0.39, 0.29) is 12.1 Å². The van der Waals surface area contributed by atoms with Gasteiger partial charge < -0.3 is 20.0 Å². The number of para-hydroxylation sites is 1. The highest BCUT2D eigenvalue weighted by molar-refractivity contribution is 7.99. The minimum absolute atomic E-state index is 0.0655. The van der Waals surface area contributed by atoms with E-state index in [1.165, 1.54) is 0 Å². The first-order valence-corrected chi connectivity index (χ1v) is 12.6. The minimum atomic E-state index is -0.0727. The van der Waals surface area contributed by atoms with Gasteiger partial charge in [-0.3, -0.25) is 4.98 Å². The lowest BCUT2D eigenvalue weighted by atomic mass is 10.0. The second kappa shape index (κ2) is 10.8. The van der Waals surface area contributed by atoms with Gasteiger partial charge in [0, 0.05) is 29.9 Å². The van der Waals surface area contributed by atoms with Gasteiger partial charge in [0.05, 0.1) is 11.7 Å². The second-order valence-corrected chi connectivity index (χ2v) is 9.50. The second-order valence-electron chi connectivity index (χ2n) is 8.04. The number of nitrogens with zero attached hydrogens (tertiary/aromatic N) is 2. The van der Waals surface area contributed by atoms with Crippen molar-refractivity contribution in [2.75, 3.05) is 18.4 Å². The molecule has 172 valence electrons. The summed E-state index contributed by atoms with van der Waals surface area (Å²) in [5, 5.41) is 8.57. The molecular weight excluding hydrogens is 460 g/mol. The summed E-state index contributed by atoms with van der Waals surface area (Å²) in [6, 6.07) is 30.5. The molecule has 5 rings (SSSR count). The highest BCUT2D eigenvalue weighted by Crippen LogP contribution is 2.41. The summed E-state index contributed by atoms with van der Waals surface area (Å²) >= 11 is 7.39. The standard InChI is InChI=1S/C27H26N4OS2/c33-27-30-25(22-14-7-8-17-29-22)26(31(27)19-9-18-28-20-10-3-1-4-11-20)23-15-16-24(32-23)34-21-12-5-2-6-13-21/h1-8,10-17,25-26,28H,9,18-19H2,(H,30,33)/t25-,26-/m0/s1. The Labute approximate surface area is 209 Å². The maximum Gasteiger partial charge on any atom is 0.170 e. The summed E-state index contributed by atoms with van der Waals surface area (Å²) in [6.07, 6.45) is 2.76. The smallest absolute Gasteiger partial charge is 0.170 e. The molecule has 2 N–H and O–H groups in total. The summed E-state index contributed by atoms with van der Waals surface area (Å²) in [7, 11) is 0. The number of hydrogen-bond donors (Lipinski definition) is 2. The Hall–Kier alpha value is -3.29. The average Bonchev–Trinajstić information content (AvgIpc) is 3.47. The Kier molecular flexibility index (Phi) is 7.12. The topological polar surface area (TPSA) is 53.3 Å². The van der Waals surface area contributed by atoms with E-state index in [4.69, 9.17) is 16.6 Å². The predicted molar refractivity (Wildman–Crippen MR) is 141 cm³/mol. The van der Waals surface area contributed by atoms with E-state index in [1.54, 1.807) is 11.8 Å². The zero-order valence-corrected chi connectivity index (χ0v) is 20.3. The normalized spacial score (nSPS) is 17.5. The SMILES string of the molecule is S=C1N[C@@H](c2ccccn2)[C@H](c2ccc(Sc3ccccc3)o2)N1CCCNc1ccccc1. The summed E-state index contributed by atoms with van der Waals surface area (Å²) in [5.74, 6) is 0.887. The minimum Gasteiger partial charge on any atom is -0.452 e. The molecule has 2 aromatic heterocycles. The van der Waals surface area contributed by atoms with Crippen LogP contribution in [0.2, 0.25) is 0 Å². The van der Waals surface area contributed by atoms with Gasteiger partial charge in [-0.1, -0.05) is 54.2 Å². The van der Waals surface area contributed by atoms with Gasteiger partial charge in [-0.25, -0.2) is 0 Å². The van der Waals surface area contributed by atoms with Crippen LogP contribution in [0.5, 0.6) is 0 Å². The maximum atomic E-state index is 6.36. The highest BCUT2D eigenvalue weighted by atomic mass is 32.2. The lowest BCUT2D eigenvalue weighted by molar-refractivity contribution is 0.259. The van der Waals surface area contributed by atoms with Crippen LogP contribution in [-0.4, -0.2) is 28.1 Å². The molecule has 34 heavy (non-hydrogen) atoms. The number of furan rings is 1. The quantitative estimate of drug-likeness (QED) is 0.213. The Morgan fingerprint density at radius 2 is 1.71 bits per heavy atom. The van der Waals surface area contributed by atoms with Gasteiger partial charge in [-0.05, 0) is 67.2 Å². The number of pyridine rings is 1. The zero-order valence-electron chi connectivity index (χ0n) is 18.6. The number of aromatic nitrogens is 1. The van der Waals surface area contributed by atoms with Crippen LogP contribution in [0.1, 0.15) is 30.0 Å². The highest BCUT2D eigenvalue weighted by Gasteiger charge is 2.41. The first-order chi connectivity index (χ1) is 16.8. The van der Waals surface area contributed by atoms with Crippen molar-refractivity contribution in [3.05, 3.63) is 109 Å². The Morgan fingerprint density at radius 3 is 2.47 bits per heavy atom. The van der Waals surface area contributed by atoms with Gasteiger partial charge in [-0.2, -0.15) is 0 Å². The molecule has 0 aliphatic carbocycles. The van der Waals surface area contributed by atoms with Crippen molar-refractivity contribution in [1.82, 2.24) is 15.2 Å². The lowest BCUT2D eigenvalue weighted by Gasteiger charge is -2.26. The molecule has 0 bridgehead atoms. The van der Waals surface area contributed by atoms with Crippen molar-refractivity contribution >= 4 is 34.8 Å². The zero-order chi connectivity index (χ0) is 23.2. The fourth-order valence-corrected chi connectivity index (χ4v) is 5.28. The Balaban J connectivity index is 1.34. The van der Waals surface area contributed by atoms with Crippen LogP contribution in [0.15, 0.2) is 112 Å². The van der Waals surface area contributed by atoms with Crippen LogP contribution in [0.25, 0.3) is 0 Å². The molecule has 1 fully saturated rings. The Bertz CT molecular complexity index is 1200. The predicted octanol–water partition coefficient (Wildman–Crippen LogP) is 6.30. The molecule has 4 aromatic rings. The maximum absolute atomic E-state index is 6.36. The van der Waals surface area contributed by atoms with Gasteiger partial charge in [-0.15, -0.1) is 0 Å². The van der Waals surface area contributed by atoms with Crippen LogP contribution < -0.4 is 10.6 Å². The lowest BCUT2D eigenvalue weighted by Crippen LogP contribution is -2.31. The van der Waals surface area contributed by atoms with Crippen LogP contribution in [0.4, 0.5) is 5.69 Å². The van der Waals surface area contributed by atoms with Gasteiger partial charge in [0.2, 0.25) is 0 Å². The molecule has 0 spiro atoms. The molecule has 0 amide bonds. The molecule has 0 radical (unpaired) electrons. The number of thiocarbonyl (C=S) groups is 1. The van der Waals surface area contributed by atoms with Gasteiger partial charge in [0.25, 0.3) is 0 Å². The summed E-state index contributed by atoms with van der Waals surface area (Å²) in [6.45, 7) is 1.67. The van der Waals surface area contributed by atoms with Gasteiger partial charge >= 0.3 is 0 Å².